The molecule has 5 rings (SSSR count). The number of H-pyrrole nitrogens is 1. The molecule has 0 aliphatic carbocycles. The van der Waals surface area contributed by atoms with E-state index in [1.54, 1.807) is 16.8 Å². The quantitative estimate of drug-likeness (QED) is 0.202. The molecule has 2 aliphatic heterocycles. The third-order valence-electron chi connectivity index (χ3n) is 7.78. The number of amides is 1. The number of allylic oxidation sites excluding steroid dienone is 2. The fourth-order valence-corrected chi connectivity index (χ4v) is 5.45. The number of pyridine rings is 2. The first-order valence-corrected chi connectivity index (χ1v) is 13.5. The van der Waals surface area contributed by atoms with Gasteiger partial charge < -0.3 is 15.5 Å². The van der Waals surface area contributed by atoms with Crippen LogP contribution in [0.25, 0.3) is 27.5 Å². The van der Waals surface area contributed by atoms with E-state index in [-0.39, 0.29) is 18.5 Å². The molecule has 0 radical (unpaired) electrons. The van der Waals surface area contributed by atoms with Crippen LogP contribution in [-0.4, -0.2) is 98.8 Å². The lowest BCUT2D eigenvalue weighted by molar-refractivity contribution is -0.119. The molecule has 12 nitrogen and oxygen atoms in total. The number of rotatable bonds is 6. The number of nitrogens with two attached hydrogens (primary N) is 1. The van der Waals surface area contributed by atoms with Gasteiger partial charge in [0.15, 0.2) is 0 Å². The smallest absolute Gasteiger partial charge is 0.329 e. The van der Waals surface area contributed by atoms with Crippen molar-refractivity contribution < 1.29 is 4.79 Å². The van der Waals surface area contributed by atoms with Gasteiger partial charge in [-0.2, -0.15) is 0 Å². The van der Waals surface area contributed by atoms with Crippen molar-refractivity contribution in [3.63, 3.8) is 0 Å². The van der Waals surface area contributed by atoms with E-state index < -0.39 is 11.2 Å². The maximum absolute atomic E-state index is 13.2. The Kier molecular flexibility index (Phi) is 7.90. The largest absolute Gasteiger partial charge is 0.369 e. The summed E-state index contributed by atoms with van der Waals surface area (Å²) in [6.07, 6.45) is 6.18. The Hall–Kier alpha value is -4.16. The van der Waals surface area contributed by atoms with Crippen LogP contribution >= 0.6 is 0 Å². The second-order valence-corrected chi connectivity index (χ2v) is 10.4. The van der Waals surface area contributed by atoms with Crippen LogP contribution in [-0.2, 0) is 4.79 Å². The number of nitrogens with zero attached hydrogens (tertiary/aromatic N) is 7. The Balaban J connectivity index is 1.56. The highest BCUT2D eigenvalue weighted by atomic mass is 16.2. The van der Waals surface area contributed by atoms with Crippen molar-refractivity contribution in [2.75, 3.05) is 52.9 Å². The number of hydrogen-bond acceptors (Lipinski definition) is 8. The molecular formula is C28H35N9O3. The van der Waals surface area contributed by atoms with Crippen LogP contribution in [0.2, 0.25) is 0 Å². The predicted molar refractivity (Wildman–Crippen MR) is 156 cm³/mol. The predicted octanol–water partition coefficient (Wildman–Crippen LogP) is 0.948. The van der Waals surface area contributed by atoms with E-state index in [9.17, 15) is 14.4 Å². The lowest BCUT2D eigenvalue weighted by Gasteiger charge is -2.33. The van der Waals surface area contributed by atoms with E-state index in [0.717, 1.165) is 32.0 Å². The van der Waals surface area contributed by atoms with Crippen LogP contribution in [0.3, 0.4) is 0 Å². The Morgan fingerprint density at radius 1 is 1.18 bits per heavy atom. The topological polar surface area (TPSA) is 146 Å². The monoisotopic (exact) mass is 545 g/mol. The van der Waals surface area contributed by atoms with Crippen molar-refractivity contribution in [1.29, 1.82) is 0 Å². The van der Waals surface area contributed by atoms with Gasteiger partial charge in [0.25, 0.3) is 5.56 Å². The number of amidine groups is 1. The molecule has 0 atom stereocenters. The van der Waals surface area contributed by atoms with Crippen LogP contribution in [0.15, 0.2) is 51.8 Å². The van der Waals surface area contributed by atoms with Gasteiger partial charge in [0, 0.05) is 63.3 Å². The Morgan fingerprint density at radius 3 is 2.58 bits per heavy atom. The van der Waals surface area contributed by atoms with E-state index in [0.29, 0.717) is 59.1 Å². The minimum Gasteiger partial charge on any atom is -0.369 e. The Labute approximate surface area is 231 Å². The van der Waals surface area contributed by atoms with Crippen molar-refractivity contribution in [1.82, 2.24) is 34.2 Å². The summed E-state index contributed by atoms with van der Waals surface area (Å²) in [7, 11) is 2.11. The van der Waals surface area contributed by atoms with Gasteiger partial charge in [0.2, 0.25) is 5.91 Å². The molecule has 0 unspecified atom stereocenters. The van der Waals surface area contributed by atoms with Crippen LogP contribution in [0.5, 0.6) is 0 Å². The van der Waals surface area contributed by atoms with Gasteiger partial charge in [-0.3, -0.25) is 29.0 Å². The molecule has 40 heavy (non-hydrogen) atoms. The van der Waals surface area contributed by atoms with Gasteiger partial charge in [-0.1, -0.05) is 12.7 Å². The summed E-state index contributed by atoms with van der Waals surface area (Å²) in [5.41, 5.74) is 7.19. The molecule has 1 amide bonds. The second kappa shape index (κ2) is 11.5. The zero-order valence-electron chi connectivity index (χ0n) is 23.0. The normalized spacial score (nSPS) is 18.5. The summed E-state index contributed by atoms with van der Waals surface area (Å²) >= 11 is 0. The molecule has 12 heteroatoms. The van der Waals surface area contributed by atoms with E-state index in [1.165, 1.54) is 6.20 Å². The van der Waals surface area contributed by atoms with Gasteiger partial charge >= 0.3 is 5.69 Å². The number of carbonyl (C=O) groups is 1. The maximum atomic E-state index is 13.2. The number of aromatic nitrogens is 4. The summed E-state index contributed by atoms with van der Waals surface area (Å²) in [6.45, 7) is 11.2. The van der Waals surface area contributed by atoms with Crippen molar-refractivity contribution in [3.05, 3.63) is 63.7 Å². The van der Waals surface area contributed by atoms with Gasteiger partial charge in [-0.25, -0.2) is 14.8 Å². The van der Waals surface area contributed by atoms with Gasteiger partial charge in [-0.05, 0) is 38.9 Å². The second-order valence-electron chi connectivity index (χ2n) is 10.4. The number of primary amides is 1. The molecule has 0 spiro atoms. The molecule has 0 saturated carbocycles. The number of aromatic amines is 1. The first-order valence-electron chi connectivity index (χ1n) is 13.5. The van der Waals surface area contributed by atoms with Crippen LogP contribution in [0.1, 0.15) is 31.5 Å². The molecule has 210 valence electrons. The summed E-state index contributed by atoms with van der Waals surface area (Å²) < 4.78 is 1.63. The molecule has 0 aromatic carbocycles. The third kappa shape index (κ3) is 5.58. The van der Waals surface area contributed by atoms with Crippen molar-refractivity contribution in [2.45, 2.75) is 25.8 Å². The van der Waals surface area contributed by atoms with Crippen LogP contribution < -0.4 is 17.0 Å². The molecule has 3 N–H and O–H groups in total. The van der Waals surface area contributed by atoms with Crippen molar-refractivity contribution >= 4 is 39.3 Å². The number of nitrogens with one attached hydrogen (secondary N) is 1. The molecule has 2 fully saturated rings. The number of aliphatic imine (C=N–C) groups is 1. The lowest BCUT2D eigenvalue weighted by Crippen LogP contribution is -2.46. The molecule has 0 bridgehead atoms. The molecule has 2 aliphatic rings. The fraction of sp³-hybridized carbons (Fsp3) is 0.429. The average molecular weight is 546 g/mol. The summed E-state index contributed by atoms with van der Waals surface area (Å²) in [6, 6.07) is 3.49. The number of piperazine rings is 1. The fourth-order valence-electron chi connectivity index (χ4n) is 5.45. The Bertz CT molecular complexity index is 1620. The maximum Gasteiger partial charge on any atom is 0.329 e. The lowest BCUT2D eigenvalue weighted by atomic mass is 10.0. The van der Waals surface area contributed by atoms with E-state index in [4.69, 9.17) is 15.7 Å². The SMILES string of the molecule is C=C/C(=C\N=C(C)N1CCN(C)CC1)c1ccc2ncc3c(=O)[nH]c(=O)n(C4CCN(CC(N)=O)CC4)c3c2n1. The molecule has 2 saturated heterocycles. The highest BCUT2D eigenvalue weighted by Gasteiger charge is 2.25. The zero-order valence-corrected chi connectivity index (χ0v) is 23.0. The highest BCUT2D eigenvalue weighted by molar-refractivity contribution is 6.01. The third-order valence-corrected chi connectivity index (χ3v) is 7.78. The first-order chi connectivity index (χ1) is 19.2. The molecule has 3 aromatic heterocycles. The standard InChI is InChI=1S/C28H35N9O3/c1-4-19(15-30-18(2)36-13-11-34(3)12-14-36)22-5-6-23-25(32-22)26-21(16-31-23)27(39)33-28(40)37(26)20-7-9-35(10-8-20)17-24(29)38/h4-6,15-16,20H,1,7-14,17H2,2-3H3,(H2,29,38)(H,33,39,40)/b19-15+,30-18?. The summed E-state index contributed by atoms with van der Waals surface area (Å²) in [5, 5.41) is 0.296. The minimum absolute atomic E-state index is 0.180. The minimum atomic E-state index is -0.504. The van der Waals surface area contributed by atoms with Crippen LogP contribution in [0, 0.1) is 0 Å². The number of likely N-dealkylation sites (tertiary alicyclic amines) is 1. The van der Waals surface area contributed by atoms with E-state index in [1.807, 2.05) is 24.0 Å². The average Bonchev–Trinajstić information content (AvgIpc) is 2.94. The summed E-state index contributed by atoms with van der Waals surface area (Å²) in [4.78, 5) is 60.4. The van der Waals surface area contributed by atoms with Gasteiger partial charge in [0.05, 0.1) is 28.7 Å². The van der Waals surface area contributed by atoms with Crippen molar-refractivity contribution in [2.24, 2.45) is 10.7 Å². The molecular weight excluding hydrogens is 510 g/mol. The summed E-state index contributed by atoms with van der Waals surface area (Å²) in [5.74, 6) is 0.538. The number of likely N-dealkylation sites (N-methyl/N-ethyl adjacent to an activating group) is 1. The van der Waals surface area contributed by atoms with Crippen LogP contribution in [0.4, 0.5) is 0 Å². The van der Waals surface area contributed by atoms with E-state index >= 15 is 0 Å². The number of hydrogen-bond donors (Lipinski definition) is 2. The number of fused-ring (bicyclic) bond motifs is 3. The van der Waals surface area contributed by atoms with Crippen molar-refractivity contribution in [3.8, 4) is 0 Å². The van der Waals surface area contributed by atoms with Gasteiger partial charge in [-0.15, -0.1) is 0 Å². The van der Waals surface area contributed by atoms with E-state index in [2.05, 4.69) is 33.4 Å². The highest BCUT2D eigenvalue weighted by Crippen LogP contribution is 2.28. The molecule has 3 aromatic rings. The zero-order chi connectivity index (χ0) is 28.4. The Morgan fingerprint density at radius 2 is 1.90 bits per heavy atom. The number of carbonyl (C=O) groups excluding carboxylic acids is 1. The van der Waals surface area contributed by atoms with Gasteiger partial charge in [0.1, 0.15) is 11.4 Å². The first kappa shape index (κ1) is 27.4. The number of piperidine rings is 1. The molecule has 5 heterocycles.